The standard InChI is InChI=1S/C5H9ClO3/c1-4(3-6)8-9-5(2)7/h4H,3H2,1-2H3. The summed E-state index contributed by atoms with van der Waals surface area (Å²) < 4.78 is 0. The molecule has 0 N–H and O–H groups in total. The number of halogens is 1. The van der Waals surface area contributed by atoms with Gasteiger partial charge in [0.25, 0.3) is 0 Å². The lowest BCUT2D eigenvalue weighted by atomic mass is 10.5. The highest BCUT2D eigenvalue weighted by Crippen LogP contribution is 1.93. The van der Waals surface area contributed by atoms with Gasteiger partial charge in [-0.2, -0.15) is 4.89 Å². The van der Waals surface area contributed by atoms with E-state index in [0.717, 1.165) is 0 Å². The van der Waals surface area contributed by atoms with Crippen LogP contribution in [0.5, 0.6) is 0 Å². The average molecular weight is 153 g/mol. The zero-order chi connectivity index (χ0) is 7.28. The van der Waals surface area contributed by atoms with Gasteiger partial charge >= 0.3 is 5.97 Å². The maximum atomic E-state index is 10.1. The van der Waals surface area contributed by atoms with Gasteiger partial charge in [0.05, 0.1) is 5.88 Å². The highest BCUT2D eigenvalue weighted by molar-refractivity contribution is 6.18. The Balaban J connectivity index is 3.16. The van der Waals surface area contributed by atoms with E-state index in [9.17, 15) is 4.79 Å². The molecule has 0 aliphatic heterocycles. The van der Waals surface area contributed by atoms with Gasteiger partial charge < -0.3 is 0 Å². The highest BCUT2D eigenvalue weighted by atomic mass is 35.5. The Bertz CT molecular complexity index is 94.2. The van der Waals surface area contributed by atoms with E-state index >= 15 is 0 Å². The van der Waals surface area contributed by atoms with Gasteiger partial charge in [0.15, 0.2) is 0 Å². The number of hydrogen-bond donors (Lipinski definition) is 0. The quantitative estimate of drug-likeness (QED) is 0.345. The molecule has 0 heterocycles. The molecular formula is C5H9ClO3. The largest absolute Gasteiger partial charge is 0.339 e. The van der Waals surface area contributed by atoms with Crippen LogP contribution in [-0.2, 0) is 14.6 Å². The summed E-state index contributed by atoms with van der Waals surface area (Å²) in [6, 6.07) is 0. The van der Waals surface area contributed by atoms with Crippen molar-refractivity contribution in [1.82, 2.24) is 0 Å². The van der Waals surface area contributed by atoms with Crippen LogP contribution >= 0.6 is 11.6 Å². The number of rotatable bonds is 3. The van der Waals surface area contributed by atoms with Gasteiger partial charge in [-0.15, -0.1) is 11.6 Å². The van der Waals surface area contributed by atoms with E-state index in [1.165, 1.54) is 6.92 Å². The molecule has 0 aromatic carbocycles. The van der Waals surface area contributed by atoms with E-state index in [2.05, 4.69) is 9.78 Å². The number of hydrogen-bond acceptors (Lipinski definition) is 3. The second-order valence-corrected chi connectivity index (χ2v) is 1.94. The third-order valence-corrected chi connectivity index (χ3v) is 0.982. The zero-order valence-corrected chi connectivity index (χ0v) is 6.14. The van der Waals surface area contributed by atoms with Crippen molar-refractivity contribution < 1.29 is 14.6 Å². The van der Waals surface area contributed by atoms with E-state index in [1.54, 1.807) is 6.92 Å². The molecule has 0 rings (SSSR count). The molecule has 0 saturated carbocycles. The van der Waals surface area contributed by atoms with Crippen LogP contribution in [0.15, 0.2) is 0 Å². The Morgan fingerprint density at radius 1 is 1.78 bits per heavy atom. The molecule has 3 nitrogen and oxygen atoms in total. The Kier molecular flexibility index (Phi) is 4.44. The fraction of sp³-hybridized carbons (Fsp3) is 0.800. The molecule has 0 aromatic heterocycles. The van der Waals surface area contributed by atoms with Crippen molar-refractivity contribution in [3.05, 3.63) is 0 Å². The van der Waals surface area contributed by atoms with E-state index in [1.807, 2.05) is 0 Å². The van der Waals surface area contributed by atoms with Crippen LogP contribution in [0, 0.1) is 0 Å². The van der Waals surface area contributed by atoms with Crippen molar-refractivity contribution >= 4 is 17.6 Å². The van der Waals surface area contributed by atoms with Gasteiger partial charge in [-0.05, 0) is 6.92 Å². The van der Waals surface area contributed by atoms with Crippen molar-refractivity contribution in [3.8, 4) is 0 Å². The monoisotopic (exact) mass is 152 g/mol. The second kappa shape index (κ2) is 4.58. The SMILES string of the molecule is CC(=O)OOC(C)CCl. The average Bonchev–Trinajstić information content (AvgIpc) is 1.83. The molecule has 1 unspecified atom stereocenters. The third-order valence-electron chi connectivity index (χ3n) is 0.547. The molecule has 0 saturated heterocycles. The van der Waals surface area contributed by atoms with Crippen LogP contribution in [0.3, 0.4) is 0 Å². The normalized spacial score (nSPS) is 12.8. The molecule has 54 valence electrons. The molecule has 0 aliphatic carbocycles. The van der Waals surface area contributed by atoms with Crippen molar-refractivity contribution in [2.45, 2.75) is 20.0 Å². The smallest absolute Gasteiger partial charge is 0.298 e. The molecule has 0 radical (unpaired) electrons. The summed E-state index contributed by atoms with van der Waals surface area (Å²) in [6.07, 6.45) is -0.240. The third kappa shape index (κ3) is 5.59. The van der Waals surface area contributed by atoms with Crippen LogP contribution in [0.1, 0.15) is 13.8 Å². The number of alkyl halides is 1. The van der Waals surface area contributed by atoms with E-state index in [0.29, 0.717) is 5.88 Å². The van der Waals surface area contributed by atoms with Crippen molar-refractivity contribution in [2.75, 3.05) is 5.88 Å². The van der Waals surface area contributed by atoms with Gasteiger partial charge in [-0.3, -0.25) is 4.89 Å². The second-order valence-electron chi connectivity index (χ2n) is 1.64. The predicted octanol–water partition coefficient (Wildman–Crippen LogP) is 1.11. The van der Waals surface area contributed by atoms with Gasteiger partial charge in [-0.25, -0.2) is 4.79 Å². The minimum absolute atomic E-state index is 0.240. The summed E-state index contributed by atoms with van der Waals surface area (Å²) in [5.41, 5.74) is 0. The molecule has 0 amide bonds. The summed E-state index contributed by atoms with van der Waals surface area (Å²) in [7, 11) is 0. The maximum Gasteiger partial charge on any atom is 0.339 e. The summed E-state index contributed by atoms with van der Waals surface area (Å²) in [4.78, 5) is 18.7. The van der Waals surface area contributed by atoms with Crippen molar-refractivity contribution in [1.29, 1.82) is 0 Å². The Labute approximate surface area is 58.8 Å². The van der Waals surface area contributed by atoms with Crippen LogP contribution in [0.25, 0.3) is 0 Å². The molecule has 0 bridgehead atoms. The molecule has 1 atom stereocenters. The lowest BCUT2D eigenvalue weighted by Crippen LogP contribution is -2.12. The highest BCUT2D eigenvalue weighted by Gasteiger charge is 2.01. The summed E-state index contributed by atoms with van der Waals surface area (Å²) in [6.45, 7) is 2.97. The van der Waals surface area contributed by atoms with Crippen LogP contribution in [0.4, 0.5) is 0 Å². The van der Waals surface area contributed by atoms with Gasteiger partial charge in [-0.1, -0.05) is 0 Å². The molecule has 9 heavy (non-hydrogen) atoms. The first-order valence-corrected chi connectivity index (χ1v) is 3.10. The minimum atomic E-state index is -0.466. The minimum Gasteiger partial charge on any atom is -0.298 e. The summed E-state index contributed by atoms with van der Waals surface area (Å²) >= 11 is 5.32. The van der Waals surface area contributed by atoms with E-state index in [4.69, 9.17) is 11.6 Å². The Morgan fingerprint density at radius 2 is 2.33 bits per heavy atom. The Hall–Kier alpha value is -0.280. The zero-order valence-electron chi connectivity index (χ0n) is 5.39. The van der Waals surface area contributed by atoms with Gasteiger partial charge in [0.2, 0.25) is 0 Å². The van der Waals surface area contributed by atoms with E-state index < -0.39 is 5.97 Å². The Morgan fingerprint density at radius 3 is 2.67 bits per heavy atom. The topological polar surface area (TPSA) is 35.5 Å². The molecule has 0 aromatic rings. The molecule has 0 fully saturated rings. The first-order chi connectivity index (χ1) is 4.16. The van der Waals surface area contributed by atoms with Crippen LogP contribution < -0.4 is 0 Å². The van der Waals surface area contributed by atoms with Crippen LogP contribution in [0.2, 0.25) is 0 Å². The summed E-state index contributed by atoms with van der Waals surface area (Å²) in [5, 5.41) is 0. The first-order valence-electron chi connectivity index (χ1n) is 2.56. The van der Waals surface area contributed by atoms with Crippen LogP contribution in [-0.4, -0.2) is 18.0 Å². The lowest BCUT2D eigenvalue weighted by Gasteiger charge is -2.04. The maximum absolute atomic E-state index is 10.1. The molecule has 0 aliphatic rings. The molecule has 0 spiro atoms. The number of carbonyl (C=O) groups excluding carboxylic acids is 1. The fourth-order valence-corrected chi connectivity index (χ4v) is 0.227. The first kappa shape index (κ1) is 8.72. The van der Waals surface area contributed by atoms with Gasteiger partial charge in [0.1, 0.15) is 6.10 Å². The van der Waals surface area contributed by atoms with Crippen molar-refractivity contribution in [2.24, 2.45) is 0 Å². The lowest BCUT2D eigenvalue weighted by molar-refractivity contribution is -0.288. The van der Waals surface area contributed by atoms with E-state index in [-0.39, 0.29) is 6.10 Å². The molecule has 4 heteroatoms. The molecular weight excluding hydrogens is 144 g/mol. The van der Waals surface area contributed by atoms with Gasteiger partial charge in [0, 0.05) is 6.92 Å². The summed E-state index contributed by atoms with van der Waals surface area (Å²) in [5.74, 6) is -0.153. The predicted molar refractivity (Wildman–Crippen MR) is 33.0 cm³/mol. The van der Waals surface area contributed by atoms with Crippen molar-refractivity contribution in [3.63, 3.8) is 0 Å². The number of carbonyl (C=O) groups is 1. The fourth-order valence-electron chi connectivity index (χ4n) is 0.176.